The molecule has 0 saturated heterocycles. The van der Waals surface area contributed by atoms with Gasteiger partial charge in [0.05, 0.1) is 13.1 Å². The van der Waals surface area contributed by atoms with Crippen molar-refractivity contribution in [3.8, 4) is 28.7 Å². The van der Waals surface area contributed by atoms with E-state index in [1.165, 1.54) is 36.4 Å². The number of phenolic OH excluding ortho intramolecular Hbond substituents is 5. The van der Waals surface area contributed by atoms with E-state index in [2.05, 4.69) is 9.98 Å². The van der Waals surface area contributed by atoms with Gasteiger partial charge in [0.1, 0.15) is 28.7 Å². The fourth-order valence-electron chi connectivity index (χ4n) is 3.75. The van der Waals surface area contributed by atoms with Crippen molar-refractivity contribution in [2.75, 3.05) is 13.1 Å². The average molecular weight is 956 g/mol. The van der Waals surface area contributed by atoms with Gasteiger partial charge in [-0.2, -0.15) is 0 Å². The first-order valence-electron chi connectivity index (χ1n) is 14.9. The molecule has 0 amide bonds. The van der Waals surface area contributed by atoms with Crippen molar-refractivity contribution >= 4 is 38.6 Å². The summed E-state index contributed by atoms with van der Waals surface area (Å²) in [7, 11) is 0. The third kappa shape index (κ3) is 17.7. The van der Waals surface area contributed by atoms with E-state index < -0.39 is 18.9 Å². The third-order valence-electron chi connectivity index (χ3n) is 6.34. The van der Waals surface area contributed by atoms with E-state index in [9.17, 15) is 10.2 Å². The van der Waals surface area contributed by atoms with Gasteiger partial charge >= 0.3 is 0 Å². The summed E-state index contributed by atoms with van der Waals surface area (Å²) in [5.41, 5.74) is 1.77. The Labute approximate surface area is 329 Å². The summed E-state index contributed by atoms with van der Waals surface area (Å²) in [6.45, 7) is 1.05. The Balaban J connectivity index is 0.000000699. The van der Waals surface area contributed by atoms with Crippen molar-refractivity contribution < 1.29 is 72.7 Å². The normalized spacial score (nSPS) is 10.3. The molecule has 5 aromatic rings. The van der Waals surface area contributed by atoms with Crippen LogP contribution in [0.15, 0.2) is 131 Å². The van der Waals surface area contributed by atoms with E-state index in [-0.39, 0.29) is 88.1 Å². The number of aliphatic hydroxyl groups is 6. The second-order valence-corrected chi connectivity index (χ2v) is 9.99. The van der Waals surface area contributed by atoms with Crippen molar-refractivity contribution in [2.24, 2.45) is 9.98 Å². The van der Waals surface area contributed by atoms with Gasteiger partial charge in [0.2, 0.25) is 0 Å². The largest absolute Gasteiger partial charge is 0.507 e. The number of nitrogens with zero attached hydrogens (tertiary/aromatic N) is 2. The molecule has 3 radical (unpaired) electrons. The molecule has 5 rings (SSSR count). The molecule has 0 bridgehead atoms. The van der Waals surface area contributed by atoms with Gasteiger partial charge in [0, 0.05) is 82.9 Å². The van der Waals surface area contributed by atoms with Crippen LogP contribution in [0.25, 0.3) is 0 Å². The molecule has 0 atom stereocenters. The molecule has 0 fully saturated rings. The van der Waals surface area contributed by atoms with Crippen LogP contribution >= 0.6 is 0 Å². The predicted octanol–water partition coefficient (Wildman–Crippen LogP) is 3.38. The van der Waals surface area contributed by atoms with Crippen LogP contribution in [0.1, 0.15) is 46.7 Å². The number of para-hydroxylation sites is 5. The van der Waals surface area contributed by atoms with Crippen molar-refractivity contribution in [3.63, 3.8) is 0 Å². The van der Waals surface area contributed by atoms with Gasteiger partial charge in [-0.25, -0.2) is 0 Å². The summed E-state index contributed by atoms with van der Waals surface area (Å²) in [4.78, 5) is 8.39. The van der Waals surface area contributed by atoms with Crippen LogP contribution in [0.3, 0.4) is 0 Å². The van der Waals surface area contributed by atoms with E-state index in [1.54, 1.807) is 85.2 Å². The van der Waals surface area contributed by atoms with Gasteiger partial charge in [0.15, 0.2) is 18.9 Å². The van der Waals surface area contributed by atoms with Crippen LogP contribution < -0.4 is 0 Å². The SMILES string of the molecule is Oc1ccccc1C(O)O.Oc1ccccc1C(O)O.Oc1ccccc1C(O)O.Oc1ccccc1C=NCCN=Cc1ccccc1O.[Bi].[Ni]. The minimum absolute atomic E-state index is 0. The Morgan fingerprint density at radius 3 is 0.827 bits per heavy atom. The van der Waals surface area contributed by atoms with Gasteiger partial charge in [-0.05, 0) is 42.5 Å². The Morgan fingerprint density at radius 1 is 0.385 bits per heavy atom. The monoisotopic (exact) mass is 955 g/mol. The number of aromatic hydroxyl groups is 5. The van der Waals surface area contributed by atoms with E-state index in [1.807, 2.05) is 12.1 Å². The number of hydrogen-bond acceptors (Lipinski definition) is 13. The molecular weight excluding hydrogens is 916 g/mol. The Morgan fingerprint density at radius 2 is 0.615 bits per heavy atom. The molecule has 13 nitrogen and oxygen atoms in total. The van der Waals surface area contributed by atoms with Gasteiger partial charge in [0.25, 0.3) is 0 Å². The predicted molar refractivity (Wildman–Crippen MR) is 193 cm³/mol. The summed E-state index contributed by atoms with van der Waals surface area (Å²) in [5.74, 6) is 0.135. The van der Waals surface area contributed by atoms with Crippen LogP contribution in [0.5, 0.6) is 28.7 Å². The third-order valence-corrected chi connectivity index (χ3v) is 6.34. The Bertz CT molecular complexity index is 1620. The number of hydrogen-bond donors (Lipinski definition) is 11. The Kier molecular flexibility index (Phi) is 24.1. The maximum absolute atomic E-state index is 9.54. The maximum Gasteiger partial charge on any atom is 0.182 e. The second-order valence-electron chi connectivity index (χ2n) is 9.99. The van der Waals surface area contributed by atoms with Crippen LogP contribution in [0.4, 0.5) is 0 Å². The fourth-order valence-corrected chi connectivity index (χ4v) is 3.75. The molecule has 0 saturated carbocycles. The zero-order valence-electron chi connectivity index (χ0n) is 27.4. The van der Waals surface area contributed by atoms with Gasteiger partial charge in [-0.3, -0.25) is 9.98 Å². The van der Waals surface area contributed by atoms with Crippen LogP contribution in [0.2, 0.25) is 0 Å². The maximum atomic E-state index is 9.54. The number of phenols is 5. The van der Waals surface area contributed by atoms with Crippen molar-refractivity contribution in [1.29, 1.82) is 0 Å². The zero-order chi connectivity index (χ0) is 36.9. The van der Waals surface area contributed by atoms with Gasteiger partial charge in [-0.15, -0.1) is 0 Å². The molecule has 0 aromatic heterocycles. The Hall–Kier alpha value is -4.42. The first kappa shape index (κ1) is 47.6. The molecule has 5 aromatic carbocycles. The molecule has 15 heteroatoms. The molecule has 0 aliphatic rings. The van der Waals surface area contributed by atoms with Crippen LogP contribution in [-0.2, 0) is 16.5 Å². The first-order valence-corrected chi connectivity index (χ1v) is 14.9. The van der Waals surface area contributed by atoms with E-state index in [0.717, 1.165) is 0 Å². The average Bonchev–Trinajstić information content (AvgIpc) is 3.09. The summed E-state index contributed by atoms with van der Waals surface area (Å²) in [6.07, 6.45) is -1.53. The smallest absolute Gasteiger partial charge is 0.182 e. The zero-order valence-corrected chi connectivity index (χ0v) is 31.9. The second kappa shape index (κ2) is 26.4. The van der Waals surface area contributed by atoms with E-state index in [0.29, 0.717) is 24.2 Å². The van der Waals surface area contributed by atoms with Gasteiger partial charge in [-0.1, -0.05) is 78.9 Å². The summed E-state index contributed by atoms with van der Waals surface area (Å²) >= 11 is 0. The molecule has 11 N–H and O–H groups in total. The van der Waals surface area contributed by atoms with E-state index >= 15 is 0 Å². The van der Waals surface area contributed by atoms with Gasteiger partial charge < -0.3 is 56.2 Å². The van der Waals surface area contributed by atoms with Crippen molar-refractivity contribution in [3.05, 3.63) is 149 Å². The number of aliphatic imine (C=N–C) groups is 2. The topological polar surface area (TPSA) is 247 Å². The number of rotatable bonds is 8. The molecule has 279 valence electrons. The van der Waals surface area contributed by atoms with Crippen LogP contribution in [-0.4, -0.2) is 108 Å². The number of aliphatic hydroxyl groups excluding tert-OH is 3. The van der Waals surface area contributed by atoms with E-state index in [4.69, 9.17) is 46.0 Å². The molecule has 0 unspecified atom stereocenters. The molecule has 0 heterocycles. The quantitative estimate of drug-likeness (QED) is 0.0466. The summed E-state index contributed by atoms with van der Waals surface area (Å²) < 4.78 is 0. The first-order chi connectivity index (χ1) is 23.9. The fraction of sp³-hybridized carbons (Fsp3) is 0.135. The van der Waals surface area contributed by atoms with Crippen molar-refractivity contribution in [1.82, 2.24) is 0 Å². The molecule has 0 aliphatic heterocycles. The molecular formula is C37H40BiN2NiO11. The molecule has 0 aliphatic carbocycles. The summed E-state index contributed by atoms with van der Waals surface area (Å²) in [6, 6.07) is 32.3. The van der Waals surface area contributed by atoms with Crippen LogP contribution in [0, 0.1) is 0 Å². The number of benzene rings is 5. The van der Waals surface area contributed by atoms with Crippen molar-refractivity contribution in [2.45, 2.75) is 18.9 Å². The standard InChI is InChI=1S/C16H16N2O2.3C7H8O3.Bi.Ni/c19-15-7-3-1-5-13(15)11-17-9-10-18-12-14-6-2-4-8-16(14)20;3*8-6-4-2-1-3-5(6)7(9)10;;/h1-8,11-12,19-20H,9-10H2;3*1-4,7-10H;;. The summed E-state index contributed by atoms with van der Waals surface area (Å²) in [5, 5.41) is 97.6. The minimum Gasteiger partial charge on any atom is -0.507 e. The molecule has 52 heavy (non-hydrogen) atoms. The molecule has 0 spiro atoms. The minimum atomic E-state index is -1.60.